The molecule has 1 fully saturated rings. The zero-order valence-electron chi connectivity index (χ0n) is 16.5. The van der Waals surface area contributed by atoms with Crippen molar-refractivity contribution in [3.05, 3.63) is 52.6 Å². The lowest BCUT2D eigenvalue weighted by Gasteiger charge is -2.19. The van der Waals surface area contributed by atoms with Crippen molar-refractivity contribution in [1.29, 1.82) is 0 Å². The van der Waals surface area contributed by atoms with E-state index < -0.39 is 27.2 Å². The first kappa shape index (κ1) is 20.0. The number of benzene rings is 2. The quantitative estimate of drug-likeness (QED) is 0.801. The highest BCUT2D eigenvalue weighted by molar-refractivity contribution is 7.92. The maximum absolute atomic E-state index is 13.8. The van der Waals surface area contributed by atoms with Gasteiger partial charge in [0.25, 0.3) is 0 Å². The summed E-state index contributed by atoms with van der Waals surface area (Å²) in [6.07, 6.45) is -1.15. The second-order valence-corrected chi connectivity index (χ2v) is 10.2. The van der Waals surface area contributed by atoms with Crippen molar-refractivity contribution in [1.82, 2.24) is 0 Å². The lowest BCUT2D eigenvalue weighted by molar-refractivity contribution is 0.220. The van der Waals surface area contributed by atoms with E-state index in [1.54, 1.807) is 18.2 Å². The van der Waals surface area contributed by atoms with Crippen LogP contribution in [-0.2, 0) is 16.4 Å². The molecule has 2 aromatic carbocycles. The Morgan fingerprint density at radius 2 is 1.90 bits per heavy atom. The Kier molecular flexibility index (Phi) is 4.99. The van der Waals surface area contributed by atoms with E-state index in [1.165, 1.54) is 0 Å². The maximum Gasteiger partial charge on any atom is 0.181 e. The monoisotopic (exact) mass is 416 g/mol. The Morgan fingerprint density at radius 3 is 2.59 bits per heavy atom. The van der Waals surface area contributed by atoms with Crippen LogP contribution in [0.3, 0.4) is 0 Å². The van der Waals surface area contributed by atoms with Crippen LogP contribution in [0.5, 0.6) is 0 Å². The maximum atomic E-state index is 13.8. The molecule has 0 aromatic heterocycles. The van der Waals surface area contributed by atoms with Crippen molar-refractivity contribution in [3.63, 3.8) is 0 Å². The number of aliphatic hydroxyl groups is 1. The van der Waals surface area contributed by atoms with Crippen molar-refractivity contribution in [2.45, 2.75) is 49.6 Å². The van der Waals surface area contributed by atoms with Crippen LogP contribution in [0.4, 0.5) is 4.39 Å². The van der Waals surface area contributed by atoms with E-state index in [0.29, 0.717) is 12.4 Å². The number of aryl methyl sites for hydroxylation is 1. The molecule has 1 saturated carbocycles. The van der Waals surface area contributed by atoms with Crippen molar-refractivity contribution >= 4 is 15.7 Å². The summed E-state index contributed by atoms with van der Waals surface area (Å²) in [5.74, 6) is -0.0237. The predicted molar refractivity (Wildman–Crippen MR) is 111 cm³/mol. The highest BCUT2D eigenvalue weighted by Gasteiger charge is 2.42. The SMILES string of the molecule is Cc1cc(S(=O)(=O)C2C[C@@H](F)C[C@H]2CO)ccc1-c1ccc2c(c1C)C(N)=NC2. The van der Waals surface area contributed by atoms with E-state index in [4.69, 9.17) is 5.73 Å². The molecule has 0 saturated heterocycles. The van der Waals surface area contributed by atoms with Crippen molar-refractivity contribution in [3.8, 4) is 11.1 Å². The highest BCUT2D eigenvalue weighted by atomic mass is 32.2. The fraction of sp³-hybridized carbons (Fsp3) is 0.409. The van der Waals surface area contributed by atoms with Crippen LogP contribution in [0.2, 0.25) is 0 Å². The molecule has 0 radical (unpaired) electrons. The third kappa shape index (κ3) is 3.26. The molecule has 7 heteroatoms. The number of alkyl halides is 1. The predicted octanol–water partition coefficient (Wildman–Crippen LogP) is 3.07. The van der Waals surface area contributed by atoms with Gasteiger partial charge in [-0.15, -0.1) is 0 Å². The molecule has 4 rings (SSSR count). The second kappa shape index (κ2) is 7.22. The van der Waals surface area contributed by atoms with Crippen LogP contribution in [0, 0.1) is 19.8 Å². The summed E-state index contributed by atoms with van der Waals surface area (Å²) >= 11 is 0. The van der Waals surface area contributed by atoms with Gasteiger partial charge in [-0.2, -0.15) is 0 Å². The molecule has 1 unspecified atom stereocenters. The van der Waals surface area contributed by atoms with Gasteiger partial charge in [0.15, 0.2) is 9.84 Å². The van der Waals surface area contributed by atoms with Gasteiger partial charge >= 0.3 is 0 Å². The molecule has 0 amide bonds. The fourth-order valence-electron chi connectivity index (χ4n) is 4.68. The minimum absolute atomic E-state index is 0.0586. The Bertz CT molecular complexity index is 1110. The minimum atomic E-state index is -3.72. The number of aliphatic hydroxyl groups excluding tert-OH is 1. The summed E-state index contributed by atoms with van der Waals surface area (Å²) in [4.78, 5) is 4.47. The van der Waals surface area contributed by atoms with Gasteiger partial charge in [-0.05, 0) is 66.6 Å². The number of nitrogens with two attached hydrogens (primary N) is 1. The molecule has 2 aliphatic rings. The van der Waals surface area contributed by atoms with Crippen LogP contribution in [0.15, 0.2) is 40.2 Å². The number of sulfone groups is 1. The molecule has 154 valence electrons. The number of hydrogen-bond donors (Lipinski definition) is 2. The van der Waals surface area contributed by atoms with E-state index in [0.717, 1.165) is 33.4 Å². The smallest absolute Gasteiger partial charge is 0.181 e. The molecular formula is C22H25FN2O3S. The van der Waals surface area contributed by atoms with E-state index >= 15 is 0 Å². The molecule has 5 nitrogen and oxygen atoms in total. The first-order chi connectivity index (χ1) is 13.7. The number of aliphatic imine (C=N–C) groups is 1. The molecule has 0 spiro atoms. The zero-order valence-corrected chi connectivity index (χ0v) is 17.3. The van der Waals surface area contributed by atoms with Crippen molar-refractivity contribution in [2.75, 3.05) is 6.61 Å². The molecule has 3 N–H and O–H groups in total. The van der Waals surface area contributed by atoms with E-state index in [1.807, 2.05) is 26.0 Å². The summed E-state index contributed by atoms with van der Waals surface area (Å²) in [5.41, 5.74) is 11.9. The summed E-state index contributed by atoms with van der Waals surface area (Å²) < 4.78 is 40.0. The van der Waals surface area contributed by atoms with E-state index in [9.17, 15) is 17.9 Å². The standard InChI is InChI=1S/C22H25FN2O3S/c1-12-7-17(29(27,28)20-9-16(23)8-15(20)11-26)4-6-18(12)19-5-3-14-10-25-22(24)21(14)13(19)2/h3-7,15-16,20,26H,8-11H2,1-2H3,(H2,24,25)/t15-,16-,20?/m0/s1. The Balaban J connectivity index is 1.73. The van der Waals surface area contributed by atoms with Gasteiger partial charge in [0.2, 0.25) is 0 Å². The van der Waals surface area contributed by atoms with Crippen molar-refractivity contribution < 1.29 is 17.9 Å². The Labute approximate surface area is 170 Å². The summed E-state index contributed by atoms with van der Waals surface area (Å²) in [6.45, 7) is 4.13. The lowest BCUT2D eigenvalue weighted by Crippen LogP contribution is -2.27. The van der Waals surface area contributed by atoms with Gasteiger partial charge in [-0.3, -0.25) is 4.99 Å². The van der Waals surface area contributed by atoms with Gasteiger partial charge in [-0.25, -0.2) is 12.8 Å². The number of nitrogens with zero attached hydrogens (tertiary/aromatic N) is 1. The number of rotatable bonds is 4. The lowest BCUT2D eigenvalue weighted by atomic mass is 9.91. The van der Waals surface area contributed by atoms with Crippen LogP contribution < -0.4 is 5.73 Å². The number of amidine groups is 1. The molecule has 3 atom stereocenters. The average molecular weight is 417 g/mol. The van der Waals surface area contributed by atoms with Crippen LogP contribution in [0.25, 0.3) is 11.1 Å². The first-order valence-corrected chi connectivity index (χ1v) is 11.3. The van der Waals surface area contributed by atoms with Gasteiger partial charge in [-0.1, -0.05) is 18.2 Å². The summed E-state index contributed by atoms with van der Waals surface area (Å²) in [5, 5.41) is 8.61. The third-order valence-corrected chi connectivity index (χ3v) is 8.53. The van der Waals surface area contributed by atoms with Gasteiger partial charge < -0.3 is 10.8 Å². The summed E-state index contributed by atoms with van der Waals surface area (Å²) in [7, 11) is -3.72. The number of halogens is 1. The fourth-order valence-corrected chi connectivity index (χ4v) is 6.80. The average Bonchev–Trinajstić information content (AvgIpc) is 3.26. The normalized spacial score (nSPS) is 23.9. The molecule has 2 aromatic rings. The number of fused-ring (bicyclic) bond motifs is 1. The molecule has 1 aliphatic heterocycles. The van der Waals surface area contributed by atoms with Crippen molar-refractivity contribution in [2.24, 2.45) is 16.6 Å². The van der Waals surface area contributed by atoms with Crippen LogP contribution in [0.1, 0.15) is 35.1 Å². The first-order valence-electron chi connectivity index (χ1n) is 9.76. The highest BCUT2D eigenvalue weighted by Crippen LogP contribution is 2.38. The number of hydrogen-bond acceptors (Lipinski definition) is 5. The third-order valence-electron chi connectivity index (χ3n) is 6.25. The Hall–Kier alpha value is -2.25. The van der Waals surface area contributed by atoms with Gasteiger partial charge in [0, 0.05) is 18.1 Å². The summed E-state index contributed by atoms with van der Waals surface area (Å²) in [6, 6.07) is 9.06. The molecule has 1 heterocycles. The van der Waals surface area contributed by atoms with Gasteiger partial charge in [0.05, 0.1) is 16.7 Å². The Morgan fingerprint density at radius 1 is 1.17 bits per heavy atom. The second-order valence-electron chi connectivity index (χ2n) is 8.05. The molecular weight excluding hydrogens is 391 g/mol. The molecule has 1 aliphatic carbocycles. The zero-order chi connectivity index (χ0) is 20.9. The molecule has 29 heavy (non-hydrogen) atoms. The topological polar surface area (TPSA) is 92.8 Å². The van der Waals surface area contributed by atoms with Crippen LogP contribution in [-0.4, -0.2) is 37.4 Å². The largest absolute Gasteiger partial charge is 0.396 e. The van der Waals surface area contributed by atoms with Crippen LogP contribution >= 0.6 is 0 Å². The minimum Gasteiger partial charge on any atom is -0.396 e. The van der Waals surface area contributed by atoms with Gasteiger partial charge in [0.1, 0.15) is 12.0 Å². The van der Waals surface area contributed by atoms with E-state index in [-0.39, 0.29) is 24.3 Å². The molecule has 0 bridgehead atoms. The van der Waals surface area contributed by atoms with E-state index in [2.05, 4.69) is 4.99 Å².